The van der Waals surface area contributed by atoms with E-state index >= 15 is 0 Å². The number of nitrogens with zero attached hydrogens (tertiary/aromatic N) is 2. The summed E-state index contributed by atoms with van der Waals surface area (Å²) in [7, 11) is -4.21. The number of sulfonamides is 1. The monoisotopic (exact) mass is 661 g/mol. The van der Waals surface area contributed by atoms with E-state index in [2.05, 4.69) is 5.32 Å². The summed E-state index contributed by atoms with van der Waals surface area (Å²) >= 11 is 0. The van der Waals surface area contributed by atoms with Crippen LogP contribution in [0.15, 0.2) is 144 Å². The van der Waals surface area contributed by atoms with Gasteiger partial charge in [0.1, 0.15) is 24.1 Å². The lowest BCUT2D eigenvalue weighted by Crippen LogP contribution is -2.53. The number of para-hydroxylation sites is 1. The maximum atomic E-state index is 14.6. The Labute approximate surface area is 282 Å². The van der Waals surface area contributed by atoms with E-state index in [1.807, 2.05) is 98.8 Å². The normalized spacial score (nSPS) is 11.7. The van der Waals surface area contributed by atoms with Gasteiger partial charge in [-0.1, -0.05) is 91.0 Å². The number of nitrogens with one attached hydrogen (secondary N) is 1. The fourth-order valence-electron chi connectivity index (χ4n) is 5.37. The van der Waals surface area contributed by atoms with Crippen molar-refractivity contribution in [2.45, 2.75) is 37.8 Å². The van der Waals surface area contributed by atoms with Gasteiger partial charge in [-0.15, -0.1) is 0 Å². The molecule has 0 spiro atoms. The molecule has 0 bridgehead atoms. The quantitative estimate of drug-likeness (QED) is 0.142. The Kier molecular flexibility index (Phi) is 11.3. The Balaban J connectivity index is 1.55. The topological polar surface area (TPSA) is 96.0 Å². The summed E-state index contributed by atoms with van der Waals surface area (Å²) in [6.45, 7) is 3.73. The fourth-order valence-corrected chi connectivity index (χ4v) is 6.81. The van der Waals surface area contributed by atoms with Gasteiger partial charge in [-0.05, 0) is 79.1 Å². The minimum absolute atomic E-state index is 0.0393. The van der Waals surface area contributed by atoms with Gasteiger partial charge in [-0.2, -0.15) is 0 Å². The summed E-state index contributed by atoms with van der Waals surface area (Å²) in [4.78, 5) is 29.8. The Bertz CT molecular complexity index is 1900. The summed E-state index contributed by atoms with van der Waals surface area (Å²) in [6, 6.07) is 40.0. The molecule has 246 valence electrons. The predicted octanol–water partition coefficient (Wildman–Crippen LogP) is 6.76. The molecule has 0 saturated carbocycles. The van der Waals surface area contributed by atoms with Crippen molar-refractivity contribution in [2.24, 2.45) is 0 Å². The SMILES string of the molecule is CCNC(=O)[C@H](Cc1ccccc1)N(Cc1ccccc1C)C(=O)CN(c1ccc(Oc2ccccc2)cc1)S(=O)(=O)c1ccccc1. The molecule has 2 amide bonds. The van der Waals surface area contributed by atoms with Gasteiger partial charge in [-0.3, -0.25) is 13.9 Å². The van der Waals surface area contributed by atoms with Gasteiger partial charge < -0.3 is 15.0 Å². The van der Waals surface area contributed by atoms with Crippen LogP contribution in [0.3, 0.4) is 0 Å². The Morgan fingerprint density at radius 2 is 1.29 bits per heavy atom. The van der Waals surface area contributed by atoms with Crippen molar-refractivity contribution in [1.29, 1.82) is 0 Å². The van der Waals surface area contributed by atoms with Crippen LogP contribution in [0.4, 0.5) is 5.69 Å². The molecule has 0 aliphatic heterocycles. The van der Waals surface area contributed by atoms with Crippen molar-refractivity contribution in [3.63, 3.8) is 0 Å². The molecule has 5 aromatic carbocycles. The molecule has 0 aliphatic carbocycles. The second-order valence-corrected chi connectivity index (χ2v) is 13.1. The summed E-state index contributed by atoms with van der Waals surface area (Å²) in [6.07, 6.45) is 0.251. The van der Waals surface area contributed by atoms with Crippen LogP contribution < -0.4 is 14.4 Å². The summed E-state index contributed by atoms with van der Waals surface area (Å²) < 4.78 is 35.5. The molecule has 1 N–H and O–H groups in total. The zero-order valence-corrected chi connectivity index (χ0v) is 27.8. The first kappa shape index (κ1) is 33.9. The molecule has 9 heteroatoms. The van der Waals surface area contributed by atoms with Gasteiger partial charge in [0, 0.05) is 19.5 Å². The highest BCUT2D eigenvalue weighted by Gasteiger charge is 2.34. The number of anilines is 1. The smallest absolute Gasteiger partial charge is 0.264 e. The lowest BCUT2D eigenvalue weighted by Gasteiger charge is -2.34. The van der Waals surface area contributed by atoms with Crippen molar-refractivity contribution >= 4 is 27.5 Å². The van der Waals surface area contributed by atoms with Gasteiger partial charge in [0.2, 0.25) is 11.8 Å². The second-order valence-electron chi connectivity index (χ2n) is 11.3. The lowest BCUT2D eigenvalue weighted by atomic mass is 10.0. The zero-order valence-electron chi connectivity index (χ0n) is 27.0. The number of amides is 2. The van der Waals surface area contributed by atoms with E-state index in [0.717, 1.165) is 21.0 Å². The molecular weight excluding hydrogens is 623 g/mol. The summed E-state index contributed by atoms with van der Waals surface area (Å²) in [5.74, 6) is 0.308. The van der Waals surface area contributed by atoms with E-state index in [1.165, 1.54) is 17.0 Å². The predicted molar refractivity (Wildman–Crippen MR) is 188 cm³/mol. The van der Waals surface area contributed by atoms with Crippen LogP contribution in [-0.4, -0.2) is 44.3 Å². The van der Waals surface area contributed by atoms with Gasteiger partial charge >= 0.3 is 0 Å². The lowest BCUT2D eigenvalue weighted by molar-refractivity contribution is -0.140. The molecule has 0 radical (unpaired) electrons. The standard InChI is InChI=1S/C39H39N3O5S/c1-3-40-39(44)37(27-31-16-7-4-8-17-31)41(28-32-18-14-13-15-30(32)2)38(43)29-42(48(45,46)36-21-11-6-12-22-36)33-23-25-35(26-24-33)47-34-19-9-5-10-20-34/h4-26,37H,3,27-29H2,1-2H3,(H,40,44)/t37-/m0/s1. The number of aryl methyl sites for hydroxylation is 1. The van der Waals surface area contributed by atoms with Crippen LogP contribution in [0.5, 0.6) is 11.5 Å². The maximum absolute atomic E-state index is 14.6. The molecule has 0 unspecified atom stereocenters. The second kappa shape index (κ2) is 15.9. The van der Waals surface area contributed by atoms with Crippen LogP contribution in [0.2, 0.25) is 0 Å². The Morgan fingerprint density at radius 1 is 0.729 bits per heavy atom. The van der Waals surface area contributed by atoms with Crippen molar-refractivity contribution in [3.05, 3.63) is 156 Å². The van der Waals surface area contributed by atoms with Crippen LogP contribution in [0, 0.1) is 6.92 Å². The minimum atomic E-state index is -4.21. The van der Waals surface area contributed by atoms with Gasteiger partial charge in [0.15, 0.2) is 0 Å². The number of benzene rings is 5. The first-order valence-corrected chi connectivity index (χ1v) is 17.3. The number of carbonyl (C=O) groups is 2. The molecular formula is C39H39N3O5S. The number of carbonyl (C=O) groups excluding carboxylic acids is 2. The van der Waals surface area contributed by atoms with E-state index in [1.54, 1.807) is 42.5 Å². The summed E-state index contributed by atoms with van der Waals surface area (Å²) in [5.41, 5.74) is 2.96. The molecule has 5 rings (SSSR count). The van der Waals surface area contributed by atoms with Crippen molar-refractivity contribution in [1.82, 2.24) is 10.2 Å². The number of likely N-dealkylation sites (N-methyl/N-ethyl adjacent to an activating group) is 1. The van der Waals surface area contributed by atoms with Crippen molar-refractivity contribution in [2.75, 3.05) is 17.4 Å². The molecule has 0 aromatic heterocycles. The molecule has 48 heavy (non-hydrogen) atoms. The fraction of sp³-hybridized carbons (Fsp3) is 0.179. The highest BCUT2D eigenvalue weighted by molar-refractivity contribution is 7.92. The third-order valence-corrected chi connectivity index (χ3v) is 9.73. The largest absolute Gasteiger partial charge is 0.457 e. The Hall–Kier alpha value is -5.41. The van der Waals surface area contributed by atoms with Crippen LogP contribution in [0.1, 0.15) is 23.6 Å². The van der Waals surface area contributed by atoms with Gasteiger partial charge in [-0.25, -0.2) is 8.42 Å². The highest BCUT2D eigenvalue weighted by Crippen LogP contribution is 2.29. The average Bonchev–Trinajstić information content (AvgIpc) is 3.11. The molecule has 1 atom stereocenters. The Morgan fingerprint density at radius 3 is 1.92 bits per heavy atom. The van der Waals surface area contributed by atoms with E-state index in [0.29, 0.717) is 18.0 Å². The highest BCUT2D eigenvalue weighted by atomic mass is 32.2. The van der Waals surface area contributed by atoms with E-state index in [9.17, 15) is 18.0 Å². The molecule has 0 saturated heterocycles. The molecule has 0 heterocycles. The number of rotatable bonds is 14. The molecule has 0 fully saturated rings. The van der Waals surface area contributed by atoms with Crippen LogP contribution >= 0.6 is 0 Å². The molecule has 8 nitrogen and oxygen atoms in total. The average molecular weight is 662 g/mol. The van der Waals surface area contributed by atoms with E-state index < -0.39 is 28.5 Å². The number of hydrogen-bond acceptors (Lipinski definition) is 5. The first-order chi connectivity index (χ1) is 23.3. The van der Waals surface area contributed by atoms with Crippen LogP contribution in [0.25, 0.3) is 0 Å². The molecule has 0 aliphatic rings. The molecule has 5 aromatic rings. The third kappa shape index (κ3) is 8.49. The van der Waals surface area contributed by atoms with Crippen LogP contribution in [-0.2, 0) is 32.6 Å². The first-order valence-electron chi connectivity index (χ1n) is 15.8. The van der Waals surface area contributed by atoms with E-state index in [-0.39, 0.29) is 29.5 Å². The van der Waals surface area contributed by atoms with Gasteiger partial charge in [0.25, 0.3) is 10.0 Å². The number of hydrogen-bond donors (Lipinski definition) is 1. The van der Waals surface area contributed by atoms with Crippen molar-refractivity contribution < 1.29 is 22.7 Å². The summed E-state index contributed by atoms with van der Waals surface area (Å²) in [5, 5.41) is 2.89. The minimum Gasteiger partial charge on any atom is -0.457 e. The maximum Gasteiger partial charge on any atom is 0.264 e. The zero-order chi connectivity index (χ0) is 33.9. The van der Waals surface area contributed by atoms with E-state index in [4.69, 9.17) is 4.74 Å². The number of ether oxygens (including phenoxy) is 1. The third-order valence-electron chi connectivity index (χ3n) is 7.94. The van der Waals surface area contributed by atoms with Crippen molar-refractivity contribution in [3.8, 4) is 11.5 Å². The van der Waals surface area contributed by atoms with Gasteiger partial charge in [0.05, 0.1) is 10.6 Å².